The van der Waals surface area contributed by atoms with Gasteiger partial charge in [-0.15, -0.1) is 0 Å². The third-order valence-electron chi connectivity index (χ3n) is 9.12. The van der Waals surface area contributed by atoms with Gasteiger partial charge in [0.25, 0.3) is 5.91 Å². The summed E-state index contributed by atoms with van der Waals surface area (Å²) in [4.78, 5) is 15.9. The molecule has 0 bridgehead atoms. The van der Waals surface area contributed by atoms with E-state index in [0.717, 1.165) is 73.4 Å². The second kappa shape index (κ2) is 14.2. The molecule has 6 rings (SSSR count). The van der Waals surface area contributed by atoms with E-state index in [9.17, 15) is 4.79 Å². The number of nitrogens with one attached hydrogen (secondary N) is 2. The first-order valence-electron chi connectivity index (χ1n) is 16.0. The zero-order valence-electron chi connectivity index (χ0n) is 27.2. The first-order valence-corrected chi connectivity index (χ1v) is 16.0. The summed E-state index contributed by atoms with van der Waals surface area (Å²) in [7, 11) is 4.91. The number of benzene rings is 4. The number of fused-ring (bicyclic) bond motifs is 1. The summed E-state index contributed by atoms with van der Waals surface area (Å²) in [6.45, 7) is 5.90. The number of nitrogens with zero attached hydrogens (tertiary/aromatic N) is 1. The van der Waals surface area contributed by atoms with E-state index in [0.29, 0.717) is 17.2 Å². The predicted molar refractivity (Wildman–Crippen MR) is 185 cm³/mol. The molecule has 1 fully saturated rings. The van der Waals surface area contributed by atoms with Crippen LogP contribution in [0.5, 0.6) is 17.2 Å². The molecule has 7 nitrogen and oxygen atoms in total. The molecule has 0 saturated carbocycles. The van der Waals surface area contributed by atoms with Crippen LogP contribution in [0, 0.1) is 6.92 Å². The molecule has 4 aromatic carbocycles. The van der Waals surface area contributed by atoms with Gasteiger partial charge >= 0.3 is 0 Å². The molecular formula is C39H43N3O4. The largest absolute Gasteiger partial charge is 0.493 e. The number of hydrogen-bond acceptors (Lipinski definition) is 6. The van der Waals surface area contributed by atoms with Crippen LogP contribution in [0.15, 0.2) is 84.4 Å². The standard InChI is InChI=1S/C39H43N3O4/c1-26-5-7-28(8-6-26)31-11-9-29-10-12-32(25-33(29)24-31)39(43)41-34-15-13-30(14-16-34)35(42-19-17-40-18-20-42)21-27-22-36(44-2)38(46-4)37(23-27)45-3/h5-9,11,13-16,22-25,35,40H,10,12,17-21H2,1-4H3,(H,41,43). The number of piperazine rings is 1. The lowest BCUT2D eigenvalue weighted by Gasteiger charge is -2.35. The molecule has 1 amide bonds. The smallest absolute Gasteiger partial charge is 0.251 e. The zero-order valence-corrected chi connectivity index (χ0v) is 27.2. The fraction of sp³-hybridized carbons (Fsp3) is 0.308. The van der Waals surface area contributed by atoms with Crippen LogP contribution in [-0.4, -0.2) is 58.3 Å². The average Bonchev–Trinajstić information content (AvgIpc) is 3.10. The normalized spacial score (nSPS) is 15.3. The quantitative estimate of drug-likeness (QED) is 0.203. The third kappa shape index (κ3) is 6.96. The molecule has 0 radical (unpaired) electrons. The van der Waals surface area contributed by atoms with Crippen LogP contribution in [0.3, 0.4) is 0 Å². The van der Waals surface area contributed by atoms with Crippen molar-refractivity contribution >= 4 is 17.7 Å². The first-order chi connectivity index (χ1) is 22.4. The Morgan fingerprint density at radius 2 is 1.50 bits per heavy atom. The van der Waals surface area contributed by atoms with Gasteiger partial charge in [-0.25, -0.2) is 0 Å². The van der Waals surface area contributed by atoms with E-state index in [1.54, 1.807) is 21.3 Å². The molecule has 1 heterocycles. The number of hydrogen-bond donors (Lipinski definition) is 2. The lowest BCUT2D eigenvalue weighted by Crippen LogP contribution is -2.45. The zero-order chi connectivity index (χ0) is 32.0. The minimum absolute atomic E-state index is 0.0461. The molecule has 0 spiro atoms. The molecule has 46 heavy (non-hydrogen) atoms. The highest BCUT2D eigenvalue weighted by Gasteiger charge is 2.25. The molecule has 238 valence electrons. The Kier molecular flexibility index (Phi) is 9.71. The van der Waals surface area contributed by atoms with Crippen molar-refractivity contribution in [1.82, 2.24) is 10.2 Å². The van der Waals surface area contributed by atoms with Crippen molar-refractivity contribution in [3.05, 3.63) is 112 Å². The Balaban J connectivity index is 1.20. The summed E-state index contributed by atoms with van der Waals surface area (Å²) in [5.74, 6) is 1.85. The third-order valence-corrected chi connectivity index (χ3v) is 9.12. The van der Waals surface area contributed by atoms with Gasteiger partial charge in [0.2, 0.25) is 5.75 Å². The maximum absolute atomic E-state index is 13.4. The molecule has 7 heteroatoms. The number of anilines is 1. The number of aryl methyl sites for hydroxylation is 2. The molecule has 1 aliphatic heterocycles. The van der Waals surface area contributed by atoms with Crippen LogP contribution < -0.4 is 24.8 Å². The molecule has 2 N–H and O–H groups in total. The van der Waals surface area contributed by atoms with Crippen molar-refractivity contribution in [3.63, 3.8) is 0 Å². The molecule has 1 saturated heterocycles. The fourth-order valence-electron chi connectivity index (χ4n) is 6.52. The van der Waals surface area contributed by atoms with E-state index in [2.05, 4.69) is 83.1 Å². The second-order valence-electron chi connectivity index (χ2n) is 12.1. The van der Waals surface area contributed by atoms with Crippen molar-refractivity contribution in [3.8, 4) is 28.4 Å². The van der Waals surface area contributed by atoms with Gasteiger partial charge in [0, 0.05) is 43.5 Å². The Bertz CT molecular complexity index is 1680. The molecular weight excluding hydrogens is 574 g/mol. The Hall–Kier alpha value is -4.59. The van der Waals surface area contributed by atoms with Crippen molar-refractivity contribution < 1.29 is 19.0 Å². The van der Waals surface area contributed by atoms with Crippen LogP contribution in [-0.2, 0) is 17.6 Å². The predicted octanol–water partition coefficient (Wildman–Crippen LogP) is 6.85. The van der Waals surface area contributed by atoms with E-state index in [4.69, 9.17) is 14.2 Å². The molecule has 1 unspecified atom stereocenters. The van der Waals surface area contributed by atoms with E-state index in [1.165, 1.54) is 22.3 Å². The maximum atomic E-state index is 13.4. The summed E-state index contributed by atoms with van der Waals surface area (Å²) >= 11 is 0. The number of ether oxygens (including phenoxy) is 3. The SMILES string of the molecule is COc1cc(CC(c2ccc(NC(=O)C3=Cc4cc(-c5ccc(C)cc5)ccc4CC3)cc2)N2CCNCC2)cc(OC)c1OC. The van der Waals surface area contributed by atoms with Crippen molar-refractivity contribution in [1.29, 1.82) is 0 Å². The van der Waals surface area contributed by atoms with Crippen molar-refractivity contribution in [2.24, 2.45) is 0 Å². The lowest BCUT2D eigenvalue weighted by atomic mass is 9.89. The number of methoxy groups -OCH3 is 3. The highest BCUT2D eigenvalue weighted by molar-refractivity contribution is 6.07. The molecule has 0 aromatic heterocycles. The Morgan fingerprint density at radius 3 is 2.15 bits per heavy atom. The fourth-order valence-corrected chi connectivity index (χ4v) is 6.52. The summed E-state index contributed by atoms with van der Waals surface area (Å²) < 4.78 is 16.8. The highest BCUT2D eigenvalue weighted by atomic mass is 16.5. The highest BCUT2D eigenvalue weighted by Crippen LogP contribution is 2.40. The number of carbonyl (C=O) groups excluding carboxylic acids is 1. The number of carbonyl (C=O) groups is 1. The summed E-state index contributed by atoms with van der Waals surface area (Å²) in [5.41, 5.74) is 9.89. The van der Waals surface area contributed by atoms with E-state index in [1.807, 2.05) is 24.3 Å². The van der Waals surface area contributed by atoms with Crippen molar-refractivity contribution in [2.45, 2.75) is 32.2 Å². The summed E-state index contributed by atoms with van der Waals surface area (Å²) in [5, 5.41) is 6.62. The van der Waals surface area contributed by atoms with Crippen LogP contribution in [0.2, 0.25) is 0 Å². The average molecular weight is 618 g/mol. The van der Waals surface area contributed by atoms with Gasteiger partial charge in [-0.05, 0) is 96.0 Å². The van der Waals surface area contributed by atoms with Gasteiger partial charge in [0.1, 0.15) is 0 Å². The number of rotatable bonds is 10. The van der Waals surface area contributed by atoms with E-state index in [-0.39, 0.29) is 11.9 Å². The van der Waals surface area contributed by atoms with E-state index < -0.39 is 0 Å². The van der Waals surface area contributed by atoms with Gasteiger partial charge in [0.05, 0.1) is 21.3 Å². The molecule has 4 aromatic rings. The van der Waals surface area contributed by atoms with Gasteiger partial charge in [0.15, 0.2) is 11.5 Å². The minimum atomic E-state index is -0.0461. The maximum Gasteiger partial charge on any atom is 0.251 e. The molecule has 2 aliphatic rings. The monoisotopic (exact) mass is 617 g/mol. The van der Waals surface area contributed by atoms with Gasteiger partial charge in [-0.1, -0.05) is 54.1 Å². The summed E-state index contributed by atoms with van der Waals surface area (Å²) in [6, 6.07) is 27.7. The van der Waals surface area contributed by atoms with Crippen LogP contribution in [0.4, 0.5) is 5.69 Å². The van der Waals surface area contributed by atoms with E-state index >= 15 is 0 Å². The van der Waals surface area contributed by atoms with Gasteiger partial charge in [-0.3, -0.25) is 9.69 Å². The molecule has 1 aliphatic carbocycles. The topological polar surface area (TPSA) is 72.1 Å². The summed E-state index contributed by atoms with van der Waals surface area (Å²) in [6.07, 6.45) is 4.41. The van der Waals surface area contributed by atoms with Crippen molar-refractivity contribution in [2.75, 3.05) is 52.8 Å². The minimum Gasteiger partial charge on any atom is -0.493 e. The first kappa shape index (κ1) is 31.4. The number of amides is 1. The van der Waals surface area contributed by atoms with Gasteiger partial charge < -0.3 is 24.8 Å². The van der Waals surface area contributed by atoms with Gasteiger partial charge in [-0.2, -0.15) is 0 Å². The van der Waals surface area contributed by atoms with Crippen LogP contribution in [0.25, 0.3) is 17.2 Å². The molecule has 1 atom stereocenters. The lowest BCUT2D eigenvalue weighted by molar-refractivity contribution is -0.112. The second-order valence-corrected chi connectivity index (χ2v) is 12.1. The Morgan fingerprint density at radius 1 is 0.826 bits per heavy atom. The van der Waals surface area contributed by atoms with Crippen LogP contribution >= 0.6 is 0 Å². The van der Waals surface area contributed by atoms with Crippen LogP contribution in [0.1, 0.15) is 40.3 Å². The Labute approximate surface area is 272 Å².